The summed E-state index contributed by atoms with van der Waals surface area (Å²) in [6, 6.07) is 1.59. The van der Waals surface area contributed by atoms with Gasteiger partial charge in [-0.2, -0.15) is 0 Å². The molecule has 1 rings (SSSR count). The van der Waals surface area contributed by atoms with Crippen LogP contribution < -0.4 is 4.74 Å². The molecule has 14 heavy (non-hydrogen) atoms. The Balaban J connectivity index is 2.55. The first-order chi connectivity index (χ1) is 6.58. The van der Waals surface area contributed by atoms with Crippen LogP contribution in [-0.4, -0.2) is 22.2 Å². The molecule has 1 atom stereocenters. The van der Waals surface area contributed by atoms with E-state index in [9.17, 15) is 4.79 Å². The molecule has 1 N–H and O–H groups in total. The van der Waals surface area contributed by atoms with Gasteiger partial charge >= 0.3 is 5.97 Å². The summed E-state index contributed by atoms with van der Waals surface area (Å²) in [6.45, 7) is 1.68. The van der Waals surface area contributed by atoms with Crippen LogP contribution >= 0.6 is 11.6 Å². The fourth-order valence-corrected chi connectivity index (χ4v) is 1.14. The van der Waals surface area contributed by atoms with Crippen molar-refractivity contribution in [2.24, 2.45) is 0 Å². The van der Waals surface area contributed by atoms with Crippen LogP contribution in [0.4, 0.5) is 0 Å². The number of carbonyl (C=O) groups is 1. The summed E-state index contributed by atoms with van der Waals surface area (Å²) < 4.78 is 5.28. The predicted octanol–water partition coefficient (Wildman–Crippen LogP) is 1.98. The summed E-state index contributed by atoms with van der Waals surface area (Å²) in [7, 11) is 0. The molecule has 0 fully saturated rings. The third-order valence-electron chi connectivity index (χ3n) is 1.48. The van der Waals surface area contributed by atoms with Gasteiger partial charge in [0.2, 0.25) is 0 Å². The maximum atomic E-state index is 10.3. The van der Waals surface area contributed by atoms with Gasteiger partial charge in [-0.05, 0) is 6.92 Å². The van der Waals surface area contributed by atoms with E-state index in [-0.39, 0.29) is 6.42 Å². The molecule has 4 nitrogen and oxygen atoms in total. The first-order valence-electron chi connectivity index (χ1n) is 4.07. The van der Waals surface area contributed by atoms with Gasteiger partial charge in [-0.15, -0.1) is 0 Å². The molecule has 0 aliphatic carbocycles. The molecule has 0 radical (unpaired) electrons. The molecule has 1 aromatic rings. The number of hydrogen-bond donors (Lipinski definition) is 1. The molecular weight excluding hydrogens is 206 g/mol. The monoisotopic (exact) mass is 215 g/mol. The number of aromatic nitrogens is 1. The van der Waals surface area contributed by atoms with Gasteiger partial charge in [-0.3, -0.25) is 9.78 Å². The number of nitrogens with zero attached hydrogens (tertiary/aromatic N) is 1. The smallest absolute Gasteiger partial charge is 0.307 e. The zero-order chi connectivity index (χ0) is 10.6. The number of pyridine rings is 1. The van der Waals surface area contributed by atoms with Crippen molar-refractivity contribution in [3.63, 3.8) is 0 Å². The van der Waals surface area contributed by atoms with Crippen molar-refractivity contribution >= 4 is 17.6 Å². The molecule has 0 aliphatic rings. The summed E-state index contributed by atoms with van der Waals surface area (Å²) in [5, 5.41) is 8.96. The molecule has 0 saturated heterocycles. The maximum Gasteiger partial charge on any atom is 0.307 e. The minimum Gasteiger partial charge on any atom is -0.488 e. The topological polar surface area (TPSA) is 59.4 Å². The minimum atomic E-state index is -0.896. The molecule has 76 valence electrons. The van der Waals surface area contributed by atoms with Crippen LogP contribution in [-0.2, 0) is 4.79 Å². The summed E-state index contributed by atoms with van der Waals surface area (Å²) in [4.78, 5) is 14.2. The summed E-state index contributed by atoms with van der Waals surface area (Å²) in [6.07, 6.45) is 2.53. The van der Waals surface area contributed by atoms with Crippen molar-refractivity contribution in [1.82, 2.24) is 4.98 Å². The van der Waals surface area contributed by atoms with Gasteiger partial charge in [0.15, 0.2) is 0 Å². The van der Waals surface area contributed by atoms with Crippen LogP contribution in [0.3, 0.4) is 0 Å². The number of carboxylic acids is 1. The highest BCUT2D eigenvalue weighted by molar-refractivity contribution is 6.30. The fourth-order valence-electron chi connectivity index (χ4n) is 0.977. The number of aliphatic carboxylic acids is 1. The fraction of sp³-hybridized carbons (Fsp3) is 0.333. The van der Waals surface area contributed by atoms with E-state index in [0.717, 1.165) is 0 Å². The summed E-state index contributed by atoms with van der Waals surface area (Å²) >= 11 is 5.68. The molecule has 1 aromatic heterocycles. The Kier molecular flexibility index (Phi) is 3.71. The quantitative estimate of drug-likeness (QED) is 0.834. The molecule has 5 heteroatoms. The van der Waals surface area contributed by atoms with Crippen LogP contribution in [0.1, 0.15) is 13.3 Å². The van der Waals surface area contributed by atoms with E-state index >= 15 is 0 Å². The van der Waals surface area contributed by atoms with Crippen LogP contribution in [0.25, 0.3) is 0 Å². The lowest BCUT2D eigenvalue weighted by Crippen LogP contribution is -2.16. The van der Waals surface area contributed by atoms with Crippen LogP contribution in [0.15, 0.2) is 18.5 Å². The standard InChI is InChI=1S/C9H10ClNO3/c1-6(2-9(12)13)14-8-3-7(10)4-11-5-8/h3-6H,2H2,1H3,(H,12,13)/t6-/m0/s1. The van der Waals surface area contributed by atoms with E-state index in [1.807, 2.05) is 0 Å². The largest absolute Gasteiger partial charge is 0.488 e. The highest BCUT2D eigenvalue weighted by Crippen LogP contribution is 2.17. The van der Waals surface area contributed by atoms with Crippen LogP contribution in [0.5, 0.6) is 5.75 Å². The van der Waals surface area contributed by atoms with Crippen molar-refractivity contribution in [2.75, 3.05) is 0 Å². The van der Waals surface area contributed by atoms with Crippen LogP contribution in [0.2, 0.25) is 5.02 Å². The SMILES string of the molecule is C[C@@H](CC(=O)O)Oc1cncc(Cl)c1. The Bertz CT molecular complexity index is 330. The zero-order valence-corrected chi connectivity index (χ0v) is 8.36. The highest BCUT2D eigenvalue weighted by Gasteiger charge is 2.09. The van der Waals surface area contributed by atoms with Gasteiger partial charge in [0.05, 0.1) is 17.6 Å². The van der Waals surface area contributed by atoms with Gasteiger partial charge in [-0.1, -0.05) is 11.6 Å². The first kappa shape index (κ1) is 10.8. The molecule has 0 amide bonds. The maximum absolute atomic E-state index is 10.3. The van der Waals surface area contributed by atoms with Crippen molar-refractivity contribution in [1.29, 1.82) is 0 Å². The van der Waals surface area contributed by atoms with Gasteiger partial charge in [0, 0.05) is 12.3 Å². The Morgan fingerprint density at radius 3 is 3.00 bits per heavy atom. The predicted molar refractivity (Wildman–Crippen MR) is 51.6 cm³/mol. The summed E-state index contributed by atoms with van der Waals surface area (Å²) in [5.74, 6) is -0.418. The van der Waals surface area contributed by atoms with Gasteiger partial charge in [0.25, 0.3) is 0 Å². The third-order valence-corrected chi connectivity index (χ3v) is 1.69. The van der Waals surface area contributed by atoms with E-state index in [0.29, 0.717) is 10.8 Å². The van der Waals surface area contributed by atoms with Gasteiger partial charge in [-0.25, -0.2) is 0 Å². The highest BCUT2D eigenvalue weighted by atomic mass is 35.5. The minimum absolute atomic E-state index is 0.0491. The van der Waals surface area contributed by atoms with Crippen molar-refractivity contribution in [2.45, 2.75) is 19.4 Å². The van der Waals surface area contributed by atoms with E-state index in [2.05, 4.69) is 4.98 Å². The average molecular weight is 216 g/mol. The summed E-state index contributed by atoms with van der Waals surface area (Å²) in [5.41, 5.74) is 0. The van der Waals surface area contributed by atoms with E-state index in [4.69, 9.17) is 21.4 Å². The second kappa shape index (κ2) is 4.81. The molecule has 0 spiro atoms. The van der Waals surface area contributed by atoms with E-state index in [1.165, 1.54) is 12.4 Å². The van der Waals surface area contributed by atoms with Crippen LogP contribution in [0, 0.1) is 0 Å². The van der Waals surface area contributed by atoms with Gasteiger partial charge < -0.3 is 9.84 Å². The second-order valence-corrected chi connectivity index (χ2v) is 3.30. The lowest BCUT2D eigenvalue weighted by molar-refractivity contribution is -0.138. The number of halogens is 1. The Labute approximate surface area is 86.5 Å². The van der Waals surface area contributed by atoms with E-state index in [1.54, 1.807) is 13.0 Å². The Hall–Kier alpha value is -1.29. The first-order valence-corrected chi connectivity index (χ1v) is 4.44. The third kappa shape index (κ3) is 3.62. The number of rotatable bonds is 4. The lowest BCUT2D eigenvalue weighted by Gasteiger charge is -2.11. The molecule has 0 unspecified atom stereocenters. The average Bonchev–Trinajstić information content (AvgIpc) is 2.01. The molecule has 0 saturated carbocycles. The van der Waals surface area contributed by atoms with Gasteiger partial charge in [0.1, 0.15) is 11.9 Å². The molecular formula is C9H10ClNO3. The number of hydrogen-bond acceptors (Lipinski definition) is 3. The van der Waals surface area contributed by atoms with Crippen molar-refractivity contribution in [3.05, 3.63) is 23.5 Å². The molecule has 1 heterocycles. The lowest BCUT2D eigenvalue weighted by atomic mass is 10.3. The second-order valence-electron chi connectivity index (χ2n) is 2.87. The normalized spacial score (nSPS) is 12.1. The Morgan fingerprint density at radius 2 is 2.43 bits per heavy atom. The Morgan fingerprint density at radius 1 is 1.71 bits per heavy atom. The molecule has 0 aromatic carbocycles. The van der Waals surface area contributed by atoms with Crippen molar-refractivity contribution < 1.29 is 14.6 Å². The number of carboxylic acid groups (broad SMARTS) is 1. The van der Waals surface area contributed by atoms with Crippen molar-refractivity contribution in [3.8, 4) is 5.75 Å². The zero-order valence-electron chi connectivity index (χ0n) is 7.61. The molecule has 0 aliphatic heterocycles. The number of ether oxygens (including phenoxy) is 1. The molecule has 0 bridgehead atoms. The van der Waals surface area contributed by atoms with E-state index < -0.39 is 12.1 Å².